The molecule has 1 aliphatic heterocycles. The van der Waals surface area contributed by atoms with Gasteiger partial charge in [0.1, 0.15) is 11.9 Å². The van der Waals surface area contributed by atoms with Gasteiger partial charge in [-0.2, -0.15) is 0 Å². The van der Waals surface area contributed by atoms with E-state index >= 15 is 0 Å². The summed E-state index contributed by atoms with van der Waals surface area (Å²) in [4.78, 5) is 25.2. The van der Waals surface area contributed by atoms with Crippen LogP contribution in [-0.2, 0) is 4.79 Å². The van der Waals surface area contributed by atoms with Crippen LogP contribution in [0.2, 0.25) is 0 Å². The maximum absolute atomic E-state index is 11.2. The van der Waals surface area contributed by atoms with Crippen molar-refractivity contribution in [2.24, 2.45) is 4.99 Å². The molecule has 0 saturated heterocycles. The number of carbonyl (C=O) groups excluding carboxylic acids is 1. The molecule has 1 heterocycles. The molecule has 1 aromatic carbocycles. The third kappa shape index (κ3) is 1.94. The largest absolute Gasteiger partial charge is 0.502 e. The molecule has 0 bridgehead atoms. The van der Waals surface area contributed by atoms with E-state index in [0.717, 1.165) is 0 Å². The van der Waals surface area contributed by atoms with Crippen LogP contribution in [0.5, 0.6) is 5.75 Å². The van der Waals surface area contributed by atoms with E-state index in [1.807, 2.05) is 0 Å². The molecular weight excluding hydrogens is 226 g/mol. The van der Waals surface area contributed by atoms with Crippen molar-refractivity contribution in [3.05, 3.63) is 33.9 Å². The molecule has 17 heavy (non-hydrogen) atoms. The fourth-order valence-corrected chi connectivity index (χ4v) is 1.47. The van der Waals surface area contributed by atoms with Crippen LogP contribution in [0.15, 0.2) is 23.2 Å². The summed E-state index contributed by atoms with van der Waals surface area (Å²) in [6.07, 6.45) is 0. The number of hydrogen-bond donors (Lipinski definition) is 2. The summed E-state index contributed by atoms with van der Waals surface area (Å²) in [5, 5.41) is 22.4. The minimum Gasteiger partial charge on any atom is -0.502 e. The van der Waals surface area contributed by atoms with Gasteiger partial charge in [0.05, 0.1) is 4.92 Å². The van der Waals surface area contributed by atoms with Crippen molar-refractivity contribution in [1.82, 2.24) is 5.32 Å². The average Bonchev–Trinajstić information content (AvgIpc) is 2.59. The van der Waals surface area contributed by atoms with Gasteiger partial charge < -0.3 is 10.4 Å². The number of aromatic hydroxyl groups is 1. The van der Waals surface area contributed by atoms with Gasteiger partial charge >= 0.3 is 5.69 Å². The molecular formula is C10H9N3O4. The summed E-state index contributed by atoms with van der Waals surface area (Å²) in [5.41, 5.74) is -0.0220. The van der Waals surface area contributed by atoms with Crippen LogP contribution >= 0.6 is 0 Å². The second-order valence-corrected chi connectivity index (χ2v) is 3.60. The number of nitro benzene ring substituents is 1. The third-order valence-corrected chi connectivity index (χ3v) is 2.39. The number of nitro groups is 1. The van der Waals surface area contributed by atoms with Crippen molar-refractivity contribution in [2.45, 2.75) is 13.0 Å². The van der Waals surface area contributed by atoms with E-state index in [-0.39, 0.29) is 11.7 Å². The van der Waals surface area contributed by atoms with E-state index in [1.54, 1.807) is 6.92 Å². The summed E-state index contributed by atoms with van der Waals surface area (Å²) in [5.74, 6) is -0.391. The van der Waals surface area contributed by atoms with Gasteiger partial charge in [-0.1, -0.05) is 0 Å². The summed E-state index contributed by atoms with van der Waals surface area (Å²) in [7, 11) is 0. The van der Waals surface area contributed by atoms with Crippen LogP contribution in [0.4, 0.5) is 5.69 Å². The van der Waals surface area contributed by atoms with E-state index in [2.05, 4.69) is 10.3 Å². The Labute approximate surface area is 95.9 Å². The predicted molar refractivity (Wildman–Crippen MR) is 58.9 cm³/mol. The predicted octanol–water partition coefficient (Wildman–Crippen LogP) is 0.565. The maximum Gasteiger partial charge on any atom is 0.311 e. The average molecular weight is 235 g/mol. The lowest BCUT2D eigenvalue weighted by Gasteiger charge is -2.02. The molecule has 0 aliphatic carbocycles. The van der Waals surface area contributed by atoms with E-state index in [0.29, 0.717) is 5.56 Å². The molecule has 2 N–H and O–H groups in total. The molecule has 1 amide bonds. The zero-order valence-electron chi connectivity index (χ0n) is 8.88. The molecule has 0 spiro atoms. The normalized spacial score (nSPS) is 18.8. The summed E-state index contributed by atoms with van der Waals surface area (Å²) in [6, 6.07) is 3.33. The Bertz CT molecular complexity index is 538. The highest BCUT2D eigenvalue weighted by atomic mass is 16.6. The first-order chi connectivity index (χ1) is 7.99. The number of hydrogen-bond acceptors (Lipinski definition) is 5. The van der Waals surface area contributed by atoms with Crippen LogP contribution in [0.3, 0.4) is 0 Å². The number of phenols is 1. The molecule has 7 nitrogen and oxygen atoms in total. The summed E-state index contributed by atoms with van der Waals surface area (Å²) < 4.78 is 0. The number of phenolic OH excluding ortho intramolecular Hbond substituents is 1. The quantitative estimate of drug-likeness (QED) is 0.577. The lowest BCUT2D eigenvalue weighted by Crippen LogP contribution is -2.27. The highest BCUT2D eigenvalue weighted by Crippen LogP contribution is 2.26. The molecule has 0 saturated carbocycles. The first-order valence-electron chi connectivity index (χ1n) is 4.85. The number of nitrogens with zero attached hydrogens (tertiary/aromatic N) is 2. The molecule has 88 valence electrons. The van der Waals surface area contributed by atoms with Gasteiger partial charge in [0, 0.05) is 11.6 Å². The van der Waals surface area contributed by atoms with E-state index < -0.39 is 22.4 Å². The molecule has 0 radical (unpaired) electrons. The van der Waals surface area contributed by atoms with Gasteiger partial charge in [0.15, 0.2) is 5.75 Å². The molecule has 1 aliphatic rings. The number of rotatable bonds is 2. The van der Waals surface area contributed by atoms with Crippen LogP contribution in [-0.4, -0.2) is 27.8 Å². The fraction of sp³-hybridized carbons (Fsp3) is 0.200. The van der Waals surface area contributed by atoms with Gasteiger partial charge in [-0.15, -0.1) is 0 Å². The Morgan fingerprint density at radius 1 is 1.53 bits per heavy atom. The van der Waals surface area contributed by atoms with Gasteiger partial charge in [-0.05, 0) is 19.1 Å². The molecule has 2 rings (SSSR count). The van der Waals surface area contributed by atoms with Gasteiger partial charge in [-0.3, -0.25) is 19.9 Å². The van der Waals surface area contributed by atoms with Crippen molar-refractivity contribution in [3.8, 4) is 5.75 Å². The maximum atomic E-state index is 11.2. The number of carbonyl (C=O) groups is 1. The number of aliphatic imine (C=N–C) groups is 1. The van der Waals surface area contributed by atoms with E-state index in [4.69, 9.17) is 0 Å². The topological polar surface area (TPSA) is 105 Å². The number of amides is 1. The van der Waals surface area contributed by atoms with Crippen molar-refractivity contribution >= 4 is 17.4 Å². The summed E-state index contributed by atoms with van der Waals surface area (Å²) in [6.45, 7) is 1.62. The molecule has 0 aromatic heterocycles. The zero-order valence-corrected chi connectivity index (χ0v) is 8.88. The van der Waals surface area contributed by atoms with Crippen molar-refractivity contribution in [2.75, 3.05) is 0 Å². The Balaban J connectivity index is 2.41. The standard InChI is InChI=1S/C10H9N3O4/c1-5-10(15)12-9(11-5)6-2-3-8(14)7(4-6)13(16)17/h2-5,14H,1H3,(H,11,12,15). The second-order valence-electron chi connectivity index (χ2n) is 3.60. The highest BCUT2D eigenvalue weighted by molar-refractivity contribution is 6.13. The Kier molecular flexibility index (Phi) is 2.51. The van der Waals surface area contributed by atoms with Crippen LogP contribution in [0.1, 0.15) is 12.5 Å². The van der Waals surface area contributed by atoms with Crippen LogP contribution < -0.4 is 5.32 Å². The molecule has 1 aromatic rings. The van der Waals surface area contributed by atoms with Crippen molar-refractivity contribution in [3.63, 3.8) is 0 Å². The Hall–Kier alpha value is -2.44. The second kappa shape index (κ2) is 3.85. The Morgan fingerprint density at radius 3 is 2.76 bits per heavy atom. The minimum absolute atomic E-state index is 0.254. The fourth-order valence-electron chi connectivity index (χ4n) is 1.47. The molecule has 0 fully saturated rings. The van der Waals surface area contributed by atoms with Crippen molar-refractivity contribution < 1.29 is 14.8 Å². The van der Waals surface area contributed by atoms with Gasteiger partial charge in [-0.25, -0.2) is 0 Å². The minimum atomic E-state index is -0.695. The number of nitrogens with one attached hydrogen (secondary N) is 1. The molecule has 7 heteroatoms. The van der Waals surface area contributed by atoms with E-state index in [1.165, 1.54) is 18.2 Å². The van der Waals surface area contributed by atoms with Crippen molar-refractivity contribution in [1.29, 1.82) is 0 Å². The molecule has 1 atom stereocenters. The smallest absolute Gasteiger partial charge is 0.311 e. The monoisotopic (exact) mass is 235 g/mol. The van der Waals surface area contributed by atoms with Crippen LogP contribution in [0, 0.1) is 10.1 Å². The lowest BCUT2D eigenvalue weighted by molar-refractivity contribution is -0.385. The molecule has 1 unspecified atom stereocenters. The number of amidine groups is 1. The van der Waals surface area contributed by atoms with Crippen LogP contribution in [0.25, 0.3) is 0 Å². The van der Waals surface area contributed by atoms with Gasteiger partial charge in [0.2, 0.25) is 5.91 Å². The zero-order chi connectivity index (χ0) is 12.6. The van der Waals surface area contributed by atoms with E-state index in [9.17, 15) is 20.0 Å². The Morgan fingerprint density at radius 2 is 2.24 bits per heavy atom. The highest BCUT2D eigenvalue weighted by Gasteiger charge is 2.24. The third-order valence-electron chi connectivity index (χ3n) is 2.39. The number of benzene rings is 1. The SMILES string of the molecule is CC1N=C(c2ccc(O)c([N+](=O)[O-])c2)NC1=O. The lowest BCUT2D eigenvalue weighted by atomic mass is 10.1. The van der Waals surface area contributed by atoms with Gasteiger partial charge in [0.25, 0.3) is 0 Å². The first kappa shape index (κ1) is 11.1. The first-order valence-corrected chi connectivity index (χ1v) is 4.85. The summed E-state index contributed by atoms with van der Waals surface area (Å²) >= 11 is 0.